The smallest absolute Gasteiger partial charge is 0.418 e. The van der Waals surface area contributed by atoms with Crippen LogP contribution in [0.15, 0.2) is 30.9 Å². The topological polar surface area (TPSA) is 100 Å². The van der Waals surface area contributed by atoms with E-state index in [9.17, 15) is 23.2 Å². The molecule has 4 rings (SSSR count). The Balaban J connectivity index is 1.76. The molecular formula is C25H28F3N7O2. The van der Waals surface area contributed by atoms with Crippen molar-refractivity contribution in [3.8, 4) is 11.9 Å². The van der Waals surface area contributed by atoms with E-state index in [-0.39, 0.29) is 59.5 Å². The second-order valence-corrected chi connectivity index (χ2v) is 9.15. The number of carbonyl (C=O) groups excluding carboxylic acids is 1. The zero-order valence-electron chi connectivity index (χ0n) is 21.0. The summed E-state index contributed by atoms with van der Waals surface area (Å²) in [4.78, 5) is 28.8. The molecule has 196 valence electrons. The normalized spacial score (nSPS) is 18.4. The van der Waals surface area contributed by atoms with Crippen molar-refractivity contribution < 1.29 is 22.7 Å². The highest BCUT2D eigenvalue weighted by Crippen LogP contribution is 2.41. The number of aromatic nitrogens is 4. The summed E-state index contributed by atoms with van der Waals surface area (Å²) in [5.41, 5.74) is -0.624. The Kier molecular flexibility index (Phi) is 7.25. The number of nitrogens with zero attached hydrogens (tertiary/aromatic N) is 7. The summed E-state index contributed by atoms with van der Waals surface area (Å²) in [7, 11) is 0. The van der Waals surface area contributed by atoms with Crippen molar-refractivity contribution in [2.45, 2.75) is 64.9 Å². The third-order valence-electron chi connectivity index (χ3n) is 6.66. The van der Waals surface area contributed by atoms with Crippen LogP contribution in [0, 0.1) is 11.3 Å². The summed E-state index contributed by atoms with van der Waals surface area (Å²) >= 11 is 0. The van der Waals surface area contributed by atoms with Gasteiger partial charge in [-0.3, -0.25) is 4.57 Å². The molecule has 0 N–H and O–H groups in total. The van der Waals surface area contributed by atoms with E-state index in [0.29, 0.717) is 12.8 Å². The minimum atomic E-state index is -4.69. The van der Waals surface area contributed by atoms with Crippen LogP contribution in [0.25, 0.3) is 16.9 Å². The number of hydrogen-bond donors (Lipinski definition) is 0. The van der Waals surface area contributed by atoms with Gasteiger partial charge in [0.15, 0.2) is 5.65 Å². The van der Waals surface area contributed by atoms with Gasteiger partial charge in [-0.2, -0.15) is 18.4 Å². The van der Waals surface area contributed by atoms with Gasteiger partial charge in [-0.15, -0.1) is 0 Å². The van der Waals surface area contributed by atoms with Gasteiger partial charge in [-0.1, -0.05) is 13.8 Å². The number of nitriles is 1. The molecule has 1 aliphatic heterocycles. The fraction of sp³-hybridized carbons (Fsp3) is 0.480. The molecule has 37 heavy (non-hydrogen) atoms. The Bertz CT molecular complexity index is 1330. The van der Waals surface area contributed by atoms with Crippen LogP contribution in [0.3, 0.4) is 0 Å². The number of carbonyl (C=O) groups is 1. The van der Waals surface area contributed by atoms with Crippen molar-refractivity contribution in [3.05, 3.63) is 42.0 Å². The molecule has 0 aromatic carbocycles. The zero-order chi connectivity index (χ0) is 26.9. The fourth-order valence-electron chi connectivity index (χ4n) is 4.61. The van der Waals surface area contributed by atoms with Crippen molar-refractivity contribution >= 4 is 22.9 Å². The van der Waals surface area contributed by atoms with E-state index in [0.717, 1.165) is 6.20 Å². The Hall–Kier alpha value is -3.88. The van der Waals surface area contributed by atoms with Gasteiger partial charge in [-0.05, 0) is 38.8 Å². The largest absolute Gasteiger partial charge is 0.446 e. The van der Waals surface area contributed by atoms with E-state index in [2.05, 4.69) is 15.0 Å². The number of amides is 1. The van der Waals surface area contributed by atoms with E-state index in [1.807, 2.05) is 33.8 Å². The fourth-order valence-corrected chi connectivity index (χ4v) is 4.61. The first-order valence-electron chi connectivity index (χ1n) is 12.1. The van der Waals surface area contributed by atoms with Crippen LogP contribution in [-0.2, 0) is 10.9 Å². The van der Waals surface area contributed by atoms with Crippen LogP contribution in [0.1, 0.15) is 51.7 Å². The predicted molar refractivity (Wildman–Crippen MR) is 130 cm³/mol. The lowest BCUT2D eigenvalue weighted by Gasteiger charge is -2.44. The molecule has 1 aliphatic rings. The number of fused-ring (bicyclic) bond motifs is 1. The number of halogens is 3. The highest BCUT2D eigenvalue weighted by Gasteiger charge is 2.40. The third kappa shape index (κ3) is 5.03. The molecule has 0 spiro atoms. The summed E-state index contributed by atoms with van der Waals surface area (Å²) in [6.07, 6.45) is -0.382. The van der Waals surface area contributed by atoms with Crippen LogP contribution >= 0.6 is 0 Å². The van der Waals surface area contributed by atoms with Gasteiger partial charge >= 0.3 is 12.3 Å². The molecular weight excluding hydrogens is 487 g/mol. The average molecular weight is 516 g/mol. The molecule has 0 radical (unpaired) electrons. The van der Waals surface area contributed by atoms with Crippen molar-refractivity contribution in [2.24, 2.45) is 0 Å². The predicted octanol–water partition coefficient (Wildman–Crippen LogP) is 4.93. The average Bonchev–Trinajstić information content (AvgIpc) is 3.29. The monoisotopic (exact) mass is 515 g/mol. The quantitative estimate of drug-likeness (QED) is 0.475. The van der Waals surface area contributed by atoms with Gasteiger partial charge in [0.05, 0.1) is 22.6 Å². The minimum Gasteiger partial charge on any atom is -0.446 e. The van der Waals surface area contributed by atoms with Crippen LogP contribution in [-0.4, -0.2) is 61.8 Å². The van der Waals surface area contributed by atoms with Gasteiger partial charge < -0.3 is 14.5 Å². The first kappa shape index (κ1) is 26.2. The van der Waals surface area contributed by atoms with Crippen molar-refractivity contribution in [3.63, 3.8) is 0 Å². The summed E-state index contributed by atoms with van der Waals surface area (Å²) in [6.45, 7) is 8.08. The maximum atomic E-state index is 14.2. The molecule has 2 atom stereocenters. The number of alkyl halides is 3. The molecule has 0 bridgehead atoms. The molecule has 3 aromatic rings. The van der Waals surface area contributed by atoms with Crippen LogP contribution in [0.2, 0.25) is 0 Å². The van der Waals surface area contributed by atoms with Crippen LogP contribution in [0.5, 0.6) is 0 Å². The molecule has 9 nitrogen and oxygen atoms in total. The standard InChI is InChI=1S/C25H28F3N7O2/c1-5-18(6-2)37-24(36)34-12-15(3)33(11-16(34)4)22-21-19(25(26,27)28)13-35(23(21)32-14-31-22)20-9-17(10-29)7-8-30-20/h7-9,13-16,18H,5-6,11-12H2,1-4H3/t15-,16+/m0/s1. The molecule has 1 saturated heterocycles. The second kappa shape index (κ2) is 10.2. The van der Waals surface area contributed by atoms with Crippen LogP contribution < -0.4 is 4.90 Å². The van der Waals surface area contributed by atoms with E-state index in [1.165, 1.54) is 29.2 Å². The highest BCUT2D eigenvalue weighted by atomic mass is 19.4. The van der Waals surface area contributed by atoms with Crippen molar-refractivity contribution in [2.75, 3.05) is 18.0 Å². The molecule has 0 saturated carbocycles. The summed E-state index contributed by atoms with van der Waals surface area (Å²) < 4.78 is 49.6. The Labute approximate surface area is 212 Å². The molecule has 1 fully saturated rings. The highest BCUT2D eigenvalue weighted by molar-refractivity contribution is 5.93. The van der Waals surface area contributed by atoms with Gasteiger partial charge in [0.25, 0.3) is 0 Å². The number of pyridine rings is 1. The summed E-state index contributed by atoms with van der Waals surface area (Å²) in [6, 6.07) is 4.17. The third-order valence-corrected chi connectivity index (χ3v) is 6.66. The summed E-state index contributed by atoms with van der Waals surface area (Å²) in [5, 5.41) is 9.06. The van der Waals surface area contributed by atoms with Gasteiger partial charge in [-0.25, -0.2) is 19.7 Å². The van der Waals surface area contributed by atoms with E-state index >= 15 is 0 Å². The lowest BCUT2D eigenvalue weighted by Crippen LogP contribution is -2.58. The minimum absolute atomic E-state index is 0.0235. The molecule has 1 amide bonds. The van der Waals surface area contributed by atoms with Gasteiger partial charge in [0.1, 0.15) is 24.1 Å². The maximum absolute atomic E-state index is 14.2. The van der Waals surface area contributed by atoms with Gasteiger partial charge in [0, 0.05) is 37.6 Å². The molecule has 0 aliphatic carbocycles. The Morgan fingerprint density at radius 2 is 1.92 bits per heavy atom. The first-order chi connectivity index (χ1) is 17.6. The number of hydrogen-bond acceptors (Lipinski definition) is 7. The Morgan fingerprint density at radius 3 is 2.57 bits per heavy atom. The summed E-state index contributed by atoms with van der Waals surface area (Å²) in [5.74, 6) is 0.263. The number of anilines is 1. The number of piperazine rings is 1. The van der Waals surface area contributed by atoms with E-state index in [1.54, 1.807) is 9.80 Å². The first-order valence-corrected chi connectivity index (χ1v) is 12.1. The van der Waals surface area contributed by atoms with Crippen molar-refractivity contribution in [1.82, 2.24) is 24.4 Å². The lowest BCUT2D eigenvalue weighted by molar-refractivity contribution is -0.136. The Morgan fingerprint density at radius 1 is 1.19 bits per heavy atom. The van der Waals surface area contributed by atoms with Crippen LogP contribution in [0.4, 0.5) is 23.8 Å². The SMILES string of the molecule is CCC(CC)OC(=O)N1C[C@H](C)N(c2ncnc3c2c(C(F)(F)F)cn3-c2cc(C#N)ccn2)C[C@H]1C. The molecule has 3 aromatic heterocycles. The number of ether oxygens (including phenoxy) is 1. The van der Waals surface area contributed by atoms with Gasteiger partial charge in [0.2, 0.25) is 0 Å². The molecule has 4 heterocycles. The van der Waals surface area contributed by atoms with Crippen molar-refractivity contribution in [1.29, 1.82) is 5.26 Å². The molecule has 12 heteroatoms. The lowest BCUT2D eigenvalue weighted by atomic mass is 10.1. The number of rotatable bonds is 5. The molecule has 0 unspecified atom stereocenters. The van der Waals surface area contributed by atoms with E-state index < -0.39 is 17.8 Å². The second-order valence-electron chi connectivity index (χ2n) is 9.15. The maximum Gasteiger partial charge on any atom is 0.418 e. The van der Waals surface area contributed by atoms with E-state index in [4.69, 9.17) is 4.74 Å². The zero-order valence-corrected chi connectivity index (χ0v) is 21.0.